The topological polar surface area (TPSA) is 47.7 Å². The molecule has 4 nitrogen and oxygen atoms in total. The van der Waals surface area contributed by atoms with Gasteiger partial charge in [-0.25, -0.2) is 0 Å². The van der Waals surface area contributed by atoms with Crippen molar-refractivity contribution in [3.63, 3.8) is 0 Å². The number of ether oxygens (including phenoxy) is 2. The molecule has 0 aliphatic carbocycles. The standard InChI is InChI=1S/C14H32N2O2/c1-4-14(7-8-15)6-5-9-16(10-12-17-2)11-13-18-3/h14H,4-13,15H2,1-3H3. The highest BCUT2D eigenvalue weighted by molar-refractivity contribution is 4.62. The zero-order valence-corrected chi connectivity index (χ0v) is 12.5. The first kappa shape index (κ1) is 17.8. The Kier molecular flexibility index (Phi) is 13.2. The van der Waals surface area contributed by atoms with E-state index in [0.717, 1.165) is 51.7 Å². The van der Waals surface area contributed by atoms with Gasteiger partial charge in [0.2, 0.25) is 0 Å². The van der Waals surface area contributed by atoms with Crippen molar-refractivity contribution in [2.75, 3.05) is 53.6 Å². The Morgan fingerprint density at radius 2 is 1.61 bits per heavy atom. The molecule has 0 aromatic rings. The molecule has 18 heavy (non-hydrogen) atoms. The summed E-state index contributed by atoms with van der Waals surface area (Å²) in [5.41, 5.74) is 5.62. The number of methoxy groups -OCH3 is 2. The Morgan fingerprint density at radius 1 is 1.00 bits per heavy atom. The van der Waals surface area contributed by atoms with Crippen LogP contribution in [0.1, 0.15) is 32.6 Å². The predicted octanol–water partition coefficient (Wildman–Crippen LogP) is 1.74. The maximum atomic E-state index is 5.62. The molecular weight excluding hydrogens is 228 g/mol. The smallest absolute Gasteiger partial charge is 0.0589 e. The van der Waals surface area contributed by atoms with E-state index in [1.54, 1.807) is 14.2 Å². The average Bonchev–Trinajstić information content (AvgIpc) is 2.40. The molecule has 0 saturated carbocycles. The second kappa shape index (κ2) is 13.3. The molecule has 0 aromatic carbocycles. The SMILES string of the molecule is CCC(CCN)CCCN(CCOC)CCOC. The van der Waals surface area contributed by atoms with Gasteiger partial charge in [0.1, 0.15) is 0 Å². The third-order valence-corrected chi connectivity index (χ3v) is 3.46. The van der Waals surface area contributed by atoms with Gasteiger partial charge in [-0.2, -0.15) is 0 Å². The summed E-state index contributed by atoms with van der Waals surface area (Å²) in [5.74, 6) is 0.793. The lowest BCUT2D eigenvalue weighted by Crippen LogP contribution is -2.32. The molecule has 0 fully saturated rings. The first-order chi connectivity index (χ1) is 8.78. The predicted molar refractivity (Wildman–Crippen MR) is 76.9 cm³/mol. The molecule has 0 rings (SSSR count). The number of nitrogens with zero attached hydrogens (tertiary/aromatic N) is 1. The summed E-state index contributed by atoms with van der Waals surface area (Å²) in [6, 6.07) is 0. The molecular formula is C14H32N2O2. The van der Waals surface area contributed by atoms with Crippen molar-refractivity contribution < 1.29 is 9.47 Å². The maximum Gasteiger partial charge on any atom is 0.0589 e. The molecule has 0 heterocycles. The van der Waals surface area contributed by atoms with Crippen molar-refractivity contribution in [1.82, 2.24) is 4.90 Å². The van der Waals surface area contributed by atoms with Gasteiger partial charge in [0, 0.05) is 27.3 Å². The van der Waals surface area contributed by atoms with Gasteiger partial charge in [-0.05, 0) is 38.3 Å². The highest BCUT2D eigenvalue weighted by Crippen LogP contribution is 2.14. The van der Waals surface area contributed by atoms with Crippen molar-refractivity contribution in [1.29, 1.82) is 0 Å². The van der Waals surface area contributed by atoms with E-state index in [2.05, 4.69) is 11.8 Å². The van der Waals surface area contributed by atoms with Crippen LogP contribution >= 0.6 is 0 Å². The molecule has 0 bridgehead atoms. The van der Waals surface area contributed by atoms with E-state index in [1.807, 2.05) is 0 Å². The van der Waals surface area contributed by atoms with Crippen LogP contribution in [0.2, 0.25) is 0 Å². The molecule has 0 amide bonds. The Balaban J connectivity index is 3.77. The number of rotatable bonds is 13. The zero-order valence-electron chi connectivity index (χ0n) is 12.5. The van der Waals surface area contributed by atoms with Gasteiger partial charge in [-0.1, -0.05) is 13.3 Å². The van der Waals surface area contributed by atoms with Crippen LogP contribution in [-0.2, 0) is 9.47 Å². The molecule has 4 heteroatoms. The molecule has 0 spiro atoms. The summed E-state index contributed by atoms with van der Waals surface area (Å²) < 4.78 is 10.3. The van der Waals surface area contributed by atoms with Gasteiger partial charge in [-0.3, -0.25) is 4.90 Å². The Hall–Kier alpha value is -0.160. The fraction of sp³-hybridized carbons (Fsp3) is 1.00. The van der Waals surface area contributed by atoms with Crippen LogP contribution in [0.4, 0.5) is 0 Å². The van der Waals surface area contributed by atoms with Crippen LogP contribution in [0.25, 0.3) is 0 Å². The van der Waals surface area contributed by atoms with Crippen LogP contribution in [0.5, 0.6) is 0 Å². The second-order valence-electron chi connectivity index (χ2n) is 4.82. The fourth-order valence-electron chi connectivity index (χ4n) is 2.17. The third kappa shape index (κ3) is 9.83. The van der Waals surface area contributed by atoms with Crippen molar-refractivity contribution in [2.45, 2.75) is 32.6 Å². The quantitative estimate of drug-likeness (QED) is 0.548. The highest BCUT2D eigenvalue weighted by Gasteiger charge is 2.08. The van der Waals surface area contributed by atoms with Crippen LogP contribution in [0.15, 0.2) is 0 Å². The first-order valence-corrected chi connectivity index (χ1v) is 7.18. The zero-order chi connectivity index (χ0) is 13.6. The minimum absolute atomic E-state index is 0.793. The van der Waals surface area contributed by atoms with Crippen LogP contribution in [-0.4, -0.2) is 58.5 Å². The highest BCUT2D eigenvalue weighted by atomic mass is 16.5. The summed E-state index contributed by atoms with van der Waals surface area (Å²) in [5, 5.41) is 0. The van der Waals surface area contributed by atoms with Gasteiger partial charge >= 0.3 is 0 Å². The summed E-state index contributed by atoms with van der Waals surface area (Å²) >= 11 is 0. The third-order valence-electron chi connectivity index (χ3n) is 3.46. The van der Waals surface area contributed by atoms with E-state index in [9.17, 15) is 0 Å². The second-order valence-corrected chi connectivity index (χ2v) is 4.82. The Bertz CT molecular complexity index is 160. The average molecular weight is 260 g/mol. The Labute approximate surface area is 113 Å². The summed E-state index contributed by atoms with van der Waals surface area (Å²) in [6.45, 7) is 7.78. The Morgan fingerprint density at radius 3 is 2.06 bits per heavy atom. The van der Waals surface area contributed by atoms with E-state index in [4.69, 9.17) is 15.2 Å². The molecule has 1 unspecified atom stereocenters. The molecule has 0 radical (unpaired) electrons. The van der Waals surface area contributed by atoms with Crippen molar-refractivity contribution in [2.24, 2.45) is 11.7 Å². The van der Waals surface area contributed by atoms with E-state index >= 15 is 0 Å². The van der Waals surface area contributed by atoms with Crippen LogP contribution in [0, 0.1) is 5.92 Å². The van der Waals surface area contributed by atoms with Gasteiger partial charge in [0.05, 0.1) is 13.2 Å². The lowest BCUT2D eigenvalue weighted by molar-refractivity contribution is 0.112. The molecule has 0 saturated heterocycles. The maximum absolute atomic E-state index is 5.62. The monoisotopic (exact) mass is 260 g/mol. The molecule has 0 aliphatic heterocycles. The van der Waals surface area contributed by atoms with E-state index in [-0.39, 0.29) is 0 Å². The number of hydrogen-bond acceptors (Lipinski definition) is 4. The van der Waals surface area contributed by atoms with Gasteiger partial charge in [0.15, 0.2) is 0 Å². The molecule has 1 atom stereocenters. The number of nitrogens with two attached hydrogens (primary N) is 1. The van der Waals surface area contributed by atoms with E-state index in [1.165, 1.54) is 19.3 Å². The van der Waals surface area contributed by atoms with Gasteiger partial charge in [-0.15, -0.1) is 0 Å². The molecule has 0 aromatic heterocycles. The lowest BCUT2D eigenvalue weighted by atomic mass is 9.96. The fourth-order valence-corrected chi connectivity index (χ4v) is 2.17. The minimum Gasteiger partial charge on any atom is -0.383 e. The van der Waals surface area contributed by atoms with Crippen molar-refractivity contribution in [3.8, 4) is 0 Å². The summed E-state index contributed by atoms with van der Waals surface area (Å²) in [4.78, 5) is 2.42. The molecule has 2 N–H and O–H groups in total. The summed E-state index contributed by atoms with van der Waals surface area (Å²) in [7, 11) is 3.51. The van der Waals surface area contributed by atoms with Crippen molar-refractivity contribution in [3.05, 3.63) is 0 Å². The first-order valence-electron chi connectivity index (χ1n) is 7.18. The van der Waals surface area contributed by atoms with Gasteiger partial charge < -0.3 is 15.2 Å². The molecule has 0 aliphatic rings. The number of hydrogen-bond donors (Lipinski definition) is 1. The van der Waals surface area contributed by atoms with Crippen LogP contribution in [0.3, 0.4) is 0 Å². The van der Waals surface area contributed by atoms with Gasteiger partial charge in [0.25, 0.3) is 0 Å². The van der Waals surface area contributed by atoms with Crippen LogP contribution < -0.4 is 5.73 Å². The molecule has 110 valence electrons. The largest absolute Gasteiger partial charge is 0.383 e. The minimum atomic E-state index is 0.793. The van der Waals surface area contributed by atoms with E-state index in [0.29, 0.717) is 0 Å². The van der Waals surface area contributed by atoms with Crippen molar-refractivity contribution >= 4 is 0 Å². The van der Waals surface area contributed by atoms with E-state index < -0.39 is 0 Å². The normalized spacial score (nSPS) is 13.2. The summed E-state index contributed by atoms with van der Waals surface area (Å²) in [6.07, 6.45) is 4.93. The lowest BCUT2D eigenvalue weighted by Gasteiger charge is -2.22.